The van der Waals surface area contributed by atoms with Gasteiger partial charge in [0.2, 0.25) is 0 Å². The summed E-state index contributed by atoms with van der Waals surface area (Å²) in [5, 5.41) is 69.6. The molecule has 0 radical (unpaired) electrons. The van der Waals surface area contributed by atoms with Crippen LogP contribution in [-0.4, -0.2) is 139 Å². The van der Waals surface area contributed by atoms with Crippen LogP contribution >= 0.6 is 0 Å². The summed E-state index contributed by atoms with van der Waals surface area (Å²) in [7, 11) is 2.19. The third kappa shape index (κ3) is 4.66. The normalized spacial score (nSPS) is 39.1. The molecule has 44 heavy (non-hydrogen) atoms. The molecule has 248 valence electrons. The molecule has 5 heterocycles. The monoisotopic (exact) mass is 623 g/mol. The Morgan fingerprint density at radius 3 is 2.27 bits per heavy atom. The number of rotatable bonds is 10. The third-order valence-electron chi connectivity index (χ3n) is 11.8. The standard InChI is InChI=1S/C27H42N3O3.C4H6O6.H2O/c1-5-17-18-12-21-24-27(19-10-8-9-11-20(19)28(24)4)13-22(23(18)25(27)32)30(21,26(17)33)15-16(31)14-29(6-2)7-3;5-1(3(7)8)2(6)4(9)10;/h8-11,16-18,21-26,31-33H,5-7,12-15H2,1-4H3;1-2,5-6H,(H,7,8)(H,9,10);1H2/q+1;;/p-1/t16?,17-,18+,21-,22-,23?,24-,25?,26+,27+,30-;1-,2-;/m01./s1. The van der Waals surface area contributed by atoms with Crippen LogP contribution in [0.2, 0.25) is 0 Å². The minimum Gasteiger partial charge on any atom is -0.547 e. The average Bonchev–Trinajstić information content (AvgIpc) is 3.37. The molecule has 5 bridgehead atoms. The van der Waals surface area contributed by atoms with Gasteiger partial charge in [0.25, 0.3) is 0 Å². The summed E-state index contributed by atoms with van der Waals surface area (Å²) in [6, 6.07) is 9.31. The van der Waals surface area contributed by atoms with Gasteiger partial charge in [-0.25, -0.2) is 4.79 Å². The topological polar surface area (TPSA) is 217 Å². The summed E-state index contributed by atoms with van der Waals surface area (Å²) in [4.78, 5) is 24.1. The second-order valence-corrected chi connectivity index (χ2v) is 13.2. The molecule has 0 amide bonds. The zero-order valence-corrected chi connectivity index (χ0v) is 25.9. The average molecular weight is 624 g/mol. The highest BCUT2D eigenvalue weighted by Crippen LogP contribution is 2.71. The van der Waals surface area contributed by atoms with E-state index >= 15 is 0 Å². The molecule has 5 aliphatic heterocycles. The van der Waals surface area contributed by atoms with Gasteiger partial charge in [-0.05, 0) is 37.1 Å². The van der Waals surface area contributed by atoms with E-state index in [1.807, 2.05) is 0 Å². The zero-order valence-electron chi connectivity index (χ0n) is 25.9. The van der Waals surface area contributed by atoms with Crippen LogP contribution in [0.25, 0.3) is 0 Å². The van der Waals surface area contributed by atoms with Gasteiger partial charge in [0, 0.05) is 44.0 Å². The number of quaternary nitrogens is 1. The maximum absolute atomic E-state index is 12.1. The van der Waals surface area contributed by atoms with E-state index in [0.717, 1.165) is 32.4 Å². The number of carboxylic acids is 2. The molecule has 7 rings (SSSR count). The first kappa shape index (κ1) is 34.5. The van der Waals surface area contributed by atoms with Gasteiger partial charge in [0.15, 0.2) is 12.3 Å². The van der Waals surface area contributed by atoms with Crippen LogP contribution in [0.1, 0.15) is 45.6 Å². The number of carbonyl (C=O) groups is 2. The molecule has 1 aliphatic carbocycles. The molecular weight excluding hydrogens is 574 g/mol. The van der Waals surface area contributed by atoms with E-state index in [2.05, 4.69) is 61.9 Å². The number of hydrogen-bond acceptors (Lipinski definition) is 10. The van der Waals surface area contributed by atoms with Crippen LogP contribution in [0.15, 0.2) is 24.3 Å². The van der Waals surface area contributed by atoms with Gasteiger partial charge in [-0.3, -0.25) is 4.48 Å². The Balaban J connectivity index is 0.000000350. The Morgan fingerprint density at radius 2 is 1.73 bits per heavy atom. The van der Waals surface area contributed by atoms with E-state index in [0.29, 0.717) is 23.5 Å². The highest BCUT2D eigenvalue weighted by molar-refractivity contribution is 5.82. The number of benzene rings is 1. The number of carboxylic acid groups (broad SMARTS) is 2. The van der Waals surface area contributed by atoms with Gasteiger partial charge in [0.05, 0.1) is 29.6 Å². The molecule has 1 saturated carbocycles. The first-order valence-electron chi connectivity index (χ1n) is 15.6. The predicted octanol–water partition coefficient (Wildman–Crippen LogP) is -2.51. The van der Waals surface area contributed by atoms with Crippen molar-refractivity contribution in [1.29, 1.82) is 0 Å². The van der Waals surface area contributed by atoms with Gasteiger partial charge in [-0.15, -0.1) is 0 Å². The van der Waals surface area contributed by atoms with Crippen molar-refractivity contribution in [3.05, 3.63) is 29.8 Å². The molecule has 4 saturated heterocycles. The summed E-state index contributed by atoms with van der Waals surface area (Å²) < 4.78 is 0.601. The smallest absolute Gasteiger partial charge is 0.335 e. The van der Waals surface area contributed by atoms with E-state index in [9.17, 15) is 30.0 Å². The zero-order chi connectivity index (χ0) is 31.6. The molecule has 13 atom stereocenters. The number of fused-ring (bicyclic) bond motifs is 2. The van der Waals surface area contributed by atoms with E-state index in [1.54, 1.807) is 0 Å². The number of carbonyl (C=O) groups excluding carboxylic acids is 1. The molecule has 6 aliphatic rings. The number of piperidine rings is 4. The molecule has 1 aromatic carbocycles. The fraction of sp³-hybridized carbons (Fsp3) is 0.742. The molecule has 5 fully saturated rings. The van der Waals surface area contributed by atoms with Crippen molar-refractivity contribution >= 4 is 17.6 Å². The first-order valence-corrected chi connectivity index (χ1v) is 15.6. The molecule has 1 spiro atoms. The van der Waals surface area contributed by atoms with Gasteiger partial charge in [-0.2, -0.15) is 0 Å². The number of anilines is 1. The number of hydrogen-bond donors (Lipinski definition) is 6. The number of aliphatic hydroxyl groups is 5. The van der Waals surface area contributed by atoms with Gasteiger partial charge < -0.3 is 55.8 Å². The van der Waals surface area contributed by atoms with Gasteiger partial charge in [-0.1, -0.05) is 39.0 Å². The maximum Gasteiger partial charge on any atom is 0.335 e. The maximum atomic E-state index is 12.1. The number of nitrogens with zero attached hydrogens (tertiary/aromatic N) is 3. The van der Waals surface area contributed by atoms with Crippen molar-refractivity contribution in [2.24, 2.45) is 17.8 Å². The Hall–Kier alpha value is -2.36. The van der Waals surface area contributed by atoms with Crippen molar-refractivity contribution in [2.75, 3.05) is 38.1 Å². The quantitative estimate of drug-likeness (QED) is 0.150. The van der Waals surface area contributed by atoms with Crippen molar-refractivity contribution in [2.45, 2.75) is 94.2 Å². The molecule has 8 N–H and O–H groups in total. The highest BCUT2D eigenvalue weighted by Gasteiger charge is 2.83. The Kier molecular flexibility index (Phi) is 9.76. The number of likely N-dealkylation sites (N-methyl/N-ethyl adjacent to an activating group) is 2. The third-order valence-corrected chi connectivity index (χ3v) is 11.8. The predicted molar refractivity (Wildman–Crippen MR) is 157 cm³/mol. The van der Waals surface area contributed by atoms with Crippen LogP contribution < -0.4 is 10.0 Å². The van der Waals surface area contributed by atoms with Crippen molar-refractivity contribution in [1.82, 2.24) is 4.90 Å². The largest absolute Gasteiger partial charge is 0.547 e. The first-order chi connectivity index (χ1) is 20.3. The van der Waals surface area contributed by atoms with E-state index in [1.165, 1.54) is 11.3 Å². The van der Waals surface area contributed by atoms with Gasteiger partial charge in [0.1, 0.15) is 24.8 Å². The summed E-state index contributed by atoms with van der Waals surface area (Å²) in [5.41, 5.74) is 2.32. The Labute approximate surface area is 257 Å². The summed E-state index contributed by atoms with van der Waals surface area (Å²) in [5.74, 6) is -3.04. The lowest BCUT2D eigenvalue weighted by Gasteiger charge is -2.68. The number of aliphatic hydroxyl groups excluding tert-OH is 5. The highest BCUT2D eigenvalue weighted by atomic mass is 16.4. The van der Waals surface area contributed by atoms with Gasteiger partial charge >= 0.3 is 5.97 Å². The van der Waals surface area contributed by atoms with Crippen molar-refractivity contribution < 1.29 is 55.3 Å². The van der Waals surface area contributed by atoms with E-state index in [4.69, 9.17) is 15.3 Å². The number of para-hydroxylation sites is 1. The lowest BCUT2D eigenvalue weighted by molar-refractivity contribution is -1.04. The van der Waals surface area contributed by atoms with Crippen molar-refractivity contribution in [3.8, 4) is 0 Å². The Bertz CT molecular complexity index is 1200. The summed E-state index contributed by atoms with van der Waals surface area (Å²) in [6.45, 7) is 9.58. The summed E-state index contributed by atoms with van der Waals surface area (Å²) in [6.07, 6.45) is -3.11. The van der Waals surface area contributed by atoms with E-state index < -0.39 is 36.5 Å². The number of aliphatic carboxylic acids is 2. The molecule has 0 aromatic heterocycles. The molecule has 13 heteroatoms. The fourth-order valence-electron chi connectivity index (χ4n) is 10.2. The fourth-order valence-corrected chi connectivity index (χ4v) is 10.2. The van der Waals surface area contributed by atoms with Crippen LogP contribution in [0.4, 0.5) is 5.69 Å². The lowest BCUT2D eigenvalue weighted by Crippen LogP contribution is -2.84. The molecule has 1 aromatic rings. The summed E-state index contributed by atoms with van der Waals surface area (Å²) >= 11 is 0. The SMILES string of the molecule is CC[C@@H]1[C@@H](O)[N@+]2(CC(O)CN(CC)CC)[C@H]3C[C@@]45c6ccccc6N(C)[C@H]4[C@@H]2C[C@H]1C3C5O.O.O=C([O-])[C@H](O)[C@@H](O)C(=O)O. The van der Waals surface area contributed by atoms with Crippen LogP contribution in [0, 0.1) is 17.8 Å². The Morgan fingerprint density at radius 1 is 1.09 bits per heavy atom. The minimum absolute atomic E-state index is 0. The second-order valence-electron chi connectivity index (χ2n) is 13.2. The minimum atomic E-state index is -2.38. The van der Waals surface area contributed by atoms with Crippen LogP contribution in [0.3, 0.4) is 0 Å². The molecular formula is C31H49N3O10. The van der Waals surface area contributed by atoms with Crippen LogP contribution in [-0.2, 0) is 15.0 Å². The molecule has 3 unspecified atom stereocenters. The van der Waals surface area contributed by atoms with E-state index in [-0.39, 0.29) is 47.0 Å². The van der Waals surface area contributed by atoms with Crippen LogP contribution in [0.5, 0.6) is 0 Å². The molecule has 13 nitrogen and oxygen atoms in total. The lowest BCUT2D eigenvalue weighted by atomic mass is 9.60. The second kappa shape index (κ2) is 12.4. The van der Waals surface area contributed by atoms with Crippen molar-refractivity contribution in [3.63, 3.8) is 0 Å².